The van der Waals surface area contributed by atoms with E-state index in [1.54, 1.807) is 37.4 Å². The van der Waals surface area contributed by atoms with Crippen LogP contribution >= 0.6 is 0 Å². The summed E-state index contributed by atoms with van der Waals surface area (Å²) in [7, 11) is 0. The molecular formula is C21H15F3N4O. The largest absolute Gasteiger partial charge is 0.433 e. The molecule has 0 spiro atoms. The Balaban J connectivity index is 1.91. The molecular weight excluding hydrogens is 381 g/mol. The molecule has 0 aliphatic rings. The average molecular weight is 396 g/mol. The first-order valence-electron chi connectivity index (χ1n) is 8.51. The topological polar surface area (TPSA) is 78.7 Å². The predicted octanol–water partition coefficient (Wildman–Crippen LogP) is 4.90. The summed E-state index contributed by atoms with van der Waals surface area (Å²) in [5, 5.41) is 11.8. The molecule has 0 saturated heterocycles. The first kappa shape index (κ1) is 20.0. The fraction of sp³-hybridized carbons (Fsp3) is 0.143. The minimum absolute atomic E-state index is 0.154. The van der Waals surface area contributed by atoms with Crippen LogP contribution in [0.4, 0.5) is 18.9 Å². The number of carbonyl (C=O) groups is 1. The molecule has 0 atom stereocenters. The van der Waals surface area contributed by atoms with Gasteiger partial charge in [0.15, 0.2) is 0 Å². The normalized spacial score (nSPS) is 11.0. The number of alkyl halides is 3. The van der Waals surface area contributed by atoms with Crippen LogP contribution in [0.5, 0.6) is 0 Å². The van der Waals surface area contributed by atoms with Crippen LogP contribution in [0.25, 0.3) is 11.1 Å². The van der Waals surface area contributed by atoms with Gasteiger partial charge in [-0.3, -0.25) is 14.8 Å². The second-order valence-electron chi connectivity index (χ2n) is 6.38. The van der Waals surface area contributed by atoms with E-state index in [-0.39, 0.29) is 5.56 Å². The summed E-state index contributed by atoms with van der Waals surface area (Å²) in [5.41, 5.74) is 2.49. The second-order valence-corrected chi connectivity index (χ2v) is 6.38. The Morgan fingerprint density at radius 2 is 1.86 bits per heavy atom. The number of aromatic nitrogens is 2. The van der Waals surface area contributed by atoms with E-state index in [4.69, 9.17) is 0 Å². The molecule has 1 N–H and O–H groups in total. The summed E-state index contributed by atoms with van der Waals surface area (Å²) in [6, 6.07) is 10.8. The number of hydrogen-bond donors (Lipinski definition) is 1. The van der Waals surface area contributed by atoms with Crippen LogP contribution in [0, 0.1) is 25.2 Å². The van der Waals surface area contributed by atoms with Gasteiger partial charge in [0.05, 0.1) is 11.3 Å². The molecule has 2 heterocycles. The van der Waals surface area contributed by atoms with Crippen LogP contribution in [0.15, 0.2) is 48.8 Å². The zero-order chi connectivity index (χ0) is 21.2. The van der Waals surface area contributed by atoms with E-state index >= 15 is 0 Å². The summed E-state index contributed by atoms with van der Waals surface area (Å²) in [6.45, 7) is 3.60. The Labute approximate surface area is 164 Å². The lowest BCUT2D eigenvalue weighted by molar-refractivity contribution is -0.141. The van der Waals surface area contributed by atoms with E-state index in [0.29, 0.717) is 28.6 Å². The highest BCUT2D eigenvalue weighted by molar-refractivity contribution is 6.04. The third-order valence-electron chi connectivity index (χ3n) is 4.33. The van der Waals surface area contributed by atoms with Crippen molar-refractivity contribution in [1.29, 1.82) is 5.26 Å². The van der Waals surface area contributed by atoms with Gasteiger partial charge in [-0.2, -0.15) is 18.4 Å². The van der Waals surface area contributed by atoms with Crippen LogP contribution in [0.2, 0.25) is 0 Å². The van der Waals surface area contributed by atoms with Gasteiger partial charge in [-0.1, -0.05) is 6.07 Å². The standard InChI is InChI=1S/C21H15F3N4O/c1-12-3-4-17(9-18(12)16-7-15(10-25)13(2)27-11-16)28-20(29)14-5-6-26-19(8-14)21(22,23)24/h3-9,11H,1-2H3,(H,28,29). The van der Waals surface area contributed by atoms with Gasteiger partial charge in [0.25, 0.3) is 5.91 Å². The molecule has 3 rings (SSSR count). The number of carbonyl (C=O) groups excluding carboxylic acids is 1. The lowest BCUT2D eigenvalue weighted by Gasteiger charge is -2.12. The summed E-state index contributed by atoms with van der Waals surface area (Å²) in [5.74, 6) is -0.688. The van der Waals surface area contributed by atoms with Crippen molar-refractivity contribution in [2.75, 3.05) is 5.32 Å². The number of pyridine rings is 2. The molecule has 146 valence electrons. The van der Waals surface area contributed by atoms with E-state index in [9.17, 15) is 23.2 Å². The van der Waals surface area contributed by atoms with Gasteiger partial charge in [-0.25, -0.2) is 0 Å². The quantitative estimate of drug-likeness (QED) is 0.683. The molecule has 0 radical (unpaired) electrons. The number of amides is 1. The molecule has 8 heteroatoms. The van der Waals surface area contributed by atoms with E-state index in [1.165, 1.54) is 6.07 Å². The third-order valence-corrected chi connectivity index (χ3v) is 4.33. The molecule has 29 heavy (non-hydrogen) atoms. The minimum Gasteiger partial charge on any atom is -0.322 e. The van der Waals surface area contributed by atoms with Gasteiger partial charge in [-0.15, -0.1) is 0 Å². The lowest BCUT2D eigenvalue weighted by Crippen LogP contribution is -2.15. The fourth-order valence-corrected chi connectivity index (χ4v) is 2.73. The maximum atomic E-state index is 12.8. The van der Waals surface area contributed by atoms with Crippen molar-refractivity contribution < 1.29 is 18.0 Å². The maximum Gasteiger partial charge on any atom is 0.433 e. The highest BCUT2D eigenvalue weighted by Crippen LogP contribution is 2.29. The first-order chi connectivity index (χ1) is 13.7. The van der Waals surface area contributed by atoms with Crippen molar-refractivity contribution in [3.05, 3.63) is 76.9 Å². The van der Waals surface area contributed by atoms with E-state index < -0.39 is 17.8 Å². The van der Waals surface area contributed by atoms with Crippen LogP contribution in [-0.2, 0) is 6.18 Å². The molecule has 0 aliphatic heterocycles. The SMILES string of the molecule is Cc1ccc(NC(=O)c2ccnc(C(F)(F)F)c2)cc1-c1cnc(C)c(C#N)c1. The van der Waals surface area contributed by atoms with Crippen LogP contribution in [-0.4, -0.2) is 15.9 Å². The number of nitriles is 1. The van der Waals surface area contributed by atoms with Gasteiger partial charge in [0.1, 0.15) is 11.8 Å². The van der Waals surface area contributed by atoms with Crippen molar-refractivity contribution >= 4 is 11.6 Å². The molecule has 0 saturated carbocycles. The lowest BCUT2D eigenvalue weighted by atomic mass is 9.99. The number of nitrogens with zero attached hydrogens (tertiary/aromatic N) is 3. The molecule has 0 bridgehead atoms. The number of nitrogens with one attached hydrogen (secondary N) is 1. The van der Waals surface area contributed by atoms with Gasteiger partial charge in [0, 0.05) is 29.2 Å². The first-order valence-corrected chi connectivity index (χ1v) is 8.51. The van der Waals surface area contributed by atoms with E-state index in [2.05, 4.69) is 21.4 Å². The van der Waals surface area contributed by atoms with Gasteiger partial charge in [-0.05, 0) is 55.3 Å². The Morgan fingerprint density at radius 3 is 2.55 bits per heavy atom. The summed E-state index contributed by atoms with van der Waals surface area (Å²) < 4.78 is 38.4. The smallest absolute Gasteiger partial charge is 0.322 e. The van der Waals surface area contributed by atoms with Crippen molar-refractivity contribution in [3.63, 3.8) is 0 Å². The van der Waals surface area contributed by atoms with Crippen LogP contribution in [0.3, 0.4) is 0 Å². The van der Waals surface area contributed by atoms with Crippen molar-refractivity contribution in [2.45, 2.75) is 20.0 Å². The summed E-state index contributed by atoms with van der Waals surface area (Å²) in [4.78, 5) is 19.9. The van der Waals surface area contributed by atoms with Gasteiger partial charge < -0.3 is 5.32 Å². The van der Waals surface area contributed by atoms with Crippen molar-refractivity contribution in [2.24, 2.45) is 0 Å². The molecule has 1 aromatic carbocycles. The summed E-state index contributed by atoms with van der Waals surface area (Å²) in [6.07, 6.45) is -2.06. The molecule has 1 amide bonds. The number of benzene rings is 1. The third kappa shape index (κ3) is 4.41. The number of halogens is 3. The van der Waals surface area contributed by atoms with Gasteiger partial charge in [0.2, 0.25) is 0 Å². The molecule has 2 aromatic heterocycles. The Kier molecular flexibility index (Phi) is 5.33. The maximum absolute atomic E-state index is 12.8. The van der Waals surface area contributed by atoms with Crippen molar-refractivity contribution in [1.82, 2.24) is 9.97 Å². The molecule has 5 nitrogen and oxygen atoms in total. The highest BCUT2D eigenvalue weighted by Gasteiger charge is 2.32. The van der Waals surface area contributed by atoms with Crippen LogP contribution < -0.4 is 5.32 Å². The minimum atomic E-state index is -4.63. The average Bonchev–Trinajstić information content (AvgIpc) is 2.69. The zero-order valence-corrected chi connectivity index (χ0v) is 15.5. The highest BCUT2D eigenvalue weighted by atomic mass is 19.4. The fourth-order valence-electron chi connectivity index (χ4n) is 2.73. The van der Waals surface area contributed by atoms with Crippen LogP contribution in [0.1, 0.15) is 32.9 Å². The number of hydrogen-bond acceptors (Lipinski definition) is 4. The van der Waals surface area contributed by atoms with E-state index in [0.717, 1.165) is 17.3 Å². The Hall–Kier alpha value is -3.73. The Bertz CT molecular complexity index is 1130. The second kappa shape index (κ2) is 7.72. The number of aryl methyl sites for hydroxylation is 2. The number of rotatable bonds is 3. The predicted molar refractivity (Wildman–Crippen MR) is 101 cm³/mol. The van der Waals surface area contributed by atoms with Crippen molar-refractivity contribution in [3.8, 4) is 17.2 Å². The van der Waals surface area contributed by atoms with E-state index in [1.807, 2.05) is 6.92 Å². The molecule has 0 fully saturated rings. The molecule has 3 aromatic rings. The number of anilines is 1. The molecule has 0 unspecified atom stereocenters. The van der Waals surface area contributed by atoms with Gasteiger partial charge >= 0.3 is 6.18 Å². The summed E-state index contributed by atoms with van der Waals surface area (Å²) >= 11 is 0. The molecule has 0 aliphatic carbocycles. The Morgan fingerprint density at radius 1 is 1.10 bits per heavy atom. The zero-order valence-electron chi connectivity index (χ0n) is 15.5. The monoisotopic (exact) mass is 396 g/mol.